The molecule has 4 rings (SSSR count). The number of rotatable bonds is 5. The summed E-state index contributed by atoms with van der Waals surface area (Å²) >= 11 is 1.35. The maximum absolute atomic E-state index is 13.1. The van der Waals surface area contributed by atoms with E-state index in [-0.39, 0.29) is 17.8 Å². The number of carbonyl (C=O) groups is 3. The fourth-order valence-electron chi connectivity index (χ4n) is 3.69. The molecule has 2 aromatic rings. The second-order valence-electron chi connectivity index (χ2n) is 7.24. The average Bonchev–Trinajstić information content (AvgIpc) is 3.31. The maximum atomic E-state index is 13.1. The molecule has 0 unspecified atom stereocenters. The SMILES string of the molecule is CCCNC(=O)c1cnc(N2CCC3(CC2)NC(=O)N(c2ccccc2)C3=O)s1. The third kappa shape index (κ3) is 3.57. The summed E-state index contributed by atoms with van der Waals surface area (Å²) < 4.78 is 0. The second kappa shape index (κ2) is 7.82. The quantitative estimate of drug-likeness (QED) is 0.734. The van der Waals surface area contributed by atoms with Gasteiger partial charge in [-0.1, -0.05) is 36.5 Å². The Labute approximate surface area is 172 Å². The Morgan fingerprint density at radius 1 is 1.24 bits per heavy atom. The van der Waals surface area contributed by atoms with Crippen molar-refractivity contribution in [1.82, 2.24) is 15.6 Å². The van der Waals surface area contributed by atoms with E-state index in [1.54, 1.807) is 30.5 Å². The first-order valence-electron chi connectivity index (χ1n) is 9.75. The Bertz CT molecular complexity index is 921. The lowest BCUT2D eigenvalue weighted by Crippen LogP contribution is -2.55. The minimum atomic E-state index is -0.873. The number of imide groups is 1. The number of para-hydroxylation sites is 1. The van der Waals surface area contributed by atoms with Gasteiger partial charge in [0.05, 0.1) is 11.9 Å². The topological polar surface area (TPSA) is 94.6 Å². The highest BCUT2D eigenvalue weighted by Crippen LogP contribution is 2.34. The number of nitrogens with zero attached hydrogens (tertiary/aromatic N) is 3. The average molecular weight is 414 g/mol. The normalized spacial score (nSPS) is 18.2. The van der Waals surface area contributed by atoms with E-state index < -0.39 is 5.54 Å². The number of thiazole rings is 1. The summed E-state index contributed by atoms with van der Waals surface area (Å²) in [6.45, 7) is 3.80. The number of amides is 4. The van der Waals surface area contributed by atoms with Gasteiger partial charge in [-0.25, -0.2) is 14.7 Å². The molecule has 8 nitrogen and oxygen atoms in total. The summed E-state index contributed by atoms with van der Waals surface area (Å²) in [7, 11) is 0. The van der Waals surface area contributed by atoms with Gasteiger partial charge in [0.25, 0.3) is 11.8 Å². The molecule has 4 amide bonds. The number of aromatic nitrogens is 1. The van der Waals surface area contributed by atoms with Gasteiger partial charge >= 0.3 is 6.03 Å². The molecule has 2 saturated heterocycles. The summed E-state index contributed by atoms with van der Waals surface area (Å²) in [6, 6.07) is 8.60. The number of benzene rings is 1. The highest BCUT2D eigenvalue weighted by molar-refractivity contribution is 7.17. The number of hydrogen-bond acceptors (Lipinski definition) is 6. The van der Waals surface area contributed by atoms with Crippen molar-refractivity contribution in [3.05, 3.63) is 41.4 Å². The van der Waals surface area contributed by atoms with E-state index in [0.29, 0.717) is 43.0 Å². The fraction of sp³-hybridized carbons (Fsp3) is 0.400. The van der Waals surface area contributed by atoms with Crippen LogP contribution in [-0.2, 0) is 4.79 Å². The number of carbonyl (C=O) groups excluding carboxylic acids is 3. The van der Waals surface area contributed by atoms with E-state index in [9.17, 15) is 14.4 Å². The van der Waals surface area contributed by atoms with Crippen LogP contribution in [0.1, 0.15) is 35.9 Å². The van der Waals surface area contributed by atoms with Gasteiger partial charge in [0, 0.05) is 19.6 Å². The molecule has 2 fully saturated rings. The molecule has 3 heterocycles. The van der Waals surface area contributed by atoms with Crippen LogP contribution in [0.5, 0.6) is 0 Å². The molecule has 1 spiro atoms. The van der Waals surface area contributed by atoms with Crippen molar-refractivity contribution in [2.75, 3.05) is 29.4 Å². The maximum Gasteiger partial charge on any atom is 0.329 e. The highest BCUT2D eigenvalue weighted by Gasteiger charge is 2.53. The summed E-state index contributed by atoms with van der Waals surface area (Å²) in [5.74, 6) is -0.312. The van der Waals surface area contributed by atoms with E-state index in [1.807, 2.05) is 13.0 Å². The van der Waals surface area contributed by atoms with Crippen molar-refractivity contribution in [2.24, 2.45) is 0 Å². The smallest absolute Gasteiger partial charge is 0.329 e. The number of anilines is 2. The van der Waals surface area contributed by atoms with E-state index in [0.717, 1.165) is 11.6 Å². The molecule has 9 heteroatoms. The molecule has 2 aliphatic rings. The van der Waals surface area contributed by atoms with Gasteiger partial charge in [0.15, 0.2) is 5.13 Å². The first-order chi connectivity index (χ1) is 14.0. The van der Waals surface area contributed by atoms with Crippen LogP contribution < -0.4 is 20.4 Å². The van der Waals surface area contributed by atoms with Crippen LogP contribution in [0.3, 0.4) is 0 Å². The van der Waals surface area contributed by atoms with Gasteiger partial charge in [0.2, 0.25) is 0 Å². The third-order valence-electron chi connectivity index (χ3n) is 5.32. The first kappa shape index (κ1) is 19.4. The van der Waals surface area contributed by atoms with Crippen molar-refractivity contribution in [3.63, 3.8) is 0 Å². The number of hydrogen-bond donors (Lipinski definition) is 2. The van der Waals surface area contributed by atoms with Crippen LogP contribution in [0.2, 0.25) is 0 Å². The minimum absolute atomic E-state index is 0.110. The summed E-state index contributed by atoms with van der Waals surface area (Å²) in [5, 5.41) is 6.53. The third-order valence-corrected chi connectivity index (χ3v) is 6.37. The van der Waals surface area contributed by atoms with Crippen LogP contribution >= 0.6 is 11.3 Å². The molecule has 29 heavy (non-hydrogen) atoms. The van der Waals surface area contributed by atoms with Crippen molar-refractivity contribution in [3.8, 4) is 0 Å². The van der Waals surface area contributed by atoms with E-state index in [4.69, 9.17) is 0 Å². The van der Waals surface area contributed by atoms with Gasteiger partial charge in [-0.05, 0) is 31.4 Å². The molecule has 0 saturated carbocycles. The van der Waals surface area contributed by atoms with Crippen molar-refractivity contribution in [2.45, 2.75) is 31.7 Å². The molecule has 0 atom stereocenters. The standard InChI is InChI=1S/C20H23N5O3S/c1-2-10-21-16(26)15-13-22-19(29-15)24-11-8-20(9-12-24)17(27)25(18(28)23-20)14-6-4-3-5-7-14/h3-7,13H,2,8-12H2,1H3,(H,21,26)(H,23,28). The van der Waals surface area contributed by atoms with E-state index in [2.05, 4.69) is 20.5 Å². The van der Waals surface area contributed by atoms with Gasteiger partial charge in [-0.15, -0.1) is 0 Å². The van der Waals surface area contributed by atoms with Crippen LogP contribution in [0.15, 0.2) is 36.5 Å². The molecular formula is C20H23N5O3S. The Balaban J connectivity index is 1.43. The molecule has 1 aromatic heterocycles. The molecule has 2 aliphatic heterocycles. The monoisotopic (exact) mass is 413 g/mol. The molecule has 0 aliphatic carbocycles. The van der Waals surface area contributed by atoms with Gasteiger partial charge in [-0.2, -0.15) is 0 Å². The predicted octanol–water partition coefficient (Wildman–Crippen LogP) is 2.38. The van der Waals surface area contributed by atoms with Gasteiger partial charge in [-0.3, -0.25) is 9.59 Å². The lowest BCUT2D eigenvalue weighted by molar-refractivity contribution is -0.122. The molecule has 1 aromatic carbocycles. The molecule has 0 bridgehead atoms. The first-order valence-corrected chi connectivity index (χ1v) is 10.6. The number of piperidine rings is 1. The zero-order valence-electron chi connectivity index (χ0n) is 16.2. The van der Waals surface area contributed by atoms with Crippen LogP contribution in [0, 0.1) is 0 Å². The zero-order valence-corrected chi connectivity index (χ0v) is 17.0. The Morgan fingerprint density at radius 3 is 2.66 bits per heavy atom. The minimum Gasteiger partial charge on any atom is -0.351 e. The zero-order chi connectivity index (χ0) is 20.4. The summed E-state index contributed by atoms with van der Waals surface area (Å²) in [4.78, 5) is 45.9. The largest absolute Gasteiger partial charge is 0.351 e. The Hall–Kier alpha value is -2.94. The fourth-order valence-corrected chi connectivity index (χ4v) is 4.58. The van der Waals surface area contributed by atoms with Crippen molar-refractivity contribution in [1.29, 1.82) is 0 Å². The van der Waals surface area contributed by atoms with Crippen LogP contribution in [0.4, 0.5) is 15.6 Å². The van der Waals surface area contributed by atoms with Gasteiger partial charge < -0.3 is 15.5 Å². The highest BCUT2D eigenvalue weighted by atomic mass is 32.1. The predicted molar refractivity (Wildman–Crippen MR) is 111 cm³/mol. The van der Waals surface area contributed by atoms with E-state index in [1.165, 1.54) is 16.2 Å². The van der Waals surface area contributed by atoms with Crippen molar-refractivity contribution < 1.29 is 14.4 Å². The second-order valence-corrected chi connectivity index (χ2v) is 8.25. The Kier molecular flexibility index (Phi) is 5.23. The number of nitrogens with one attached hydrogen (secondary N) is 2. The molecule has 152 valence electrons. The molecule has 2 N–H and O–H groups in total. The van der Waals surface area contributed by atoms with Crippen LogP contribution in [0.25, 0.3) is 0 Å². The molecular weight excluding hydrogens is 390 g/mol. The lowest BCUT2D eigenvalue weighted by atomic mass is 9.87. The summed E-state index contributed by atoms with van der Waals surface area (Å²) in [6.07, 6.45) is 3.47. The van der Waals surface area contributed by atoms with Gasteiger partial charge in [0.1, 0.15) is 10.4 Å². The summed E-state index contributed by atoms with van der Waals surface area (Å²) in [5.41, 5.74) is -0.292. The number of urea groups is 1. The Morgan fingerprint density at radius 2 is 1.97 bits per heavy atom. The van der Waals surface area contributed by atoms with Crippen molar-refractivity contribution >= 4 is 40.0 Å². The van der Waals surface area contributed by atoms with Crippen LogP contribution in [-0.4, -0.2) is 48.0 Å². The van der Waals surface area contributed by atoms with E-state index >= 15 is 0 Å². The lowest BCUT2D eigenvalue weighted by Gasteiger charge is -2.37. The molecule has 0 radical (unpaired) electrons.